The maximum Gasteiger partial charge on any atom is 0.338 e. The molecule has 9 heteroatoms. The molecule has 1 atom stereocenters. The van der Waals surface area contributed by atoms with Crippen molar-refractivity contribution >= 4 is 23.0 Å². The summed E-state index contributed by atoms with van der Waals surface area (Å²) < 4.78 is 13.7. The number of esters is 2. The SMILES string of the molecule is C=C(C)C(=O)OCC(O)COC(=O)c1ccc2c(c1)n1n(-c3ccc(C(C)(C)C)cc3O)n21. The van der Waals surface area contributed by atoms with Crippen molar-refractivity contribution in [3.8, 4) is 11.4 Å². The minimum atomic E-state index is -1.14. The zero-order valence-corrected chi connectivity index (χ0v) is 19.0. The van der Waals surface area contributed by atoms with E-state index in [0.717, 1.165) is 16.6 Å². The van der Waals surface area contributed by atoms with E-state index in [4.69, 9.17) is 9.47 Å². The third kappa shape index (κ3) is 4.19. The molecule has 2 aromatic carbocycles. The third-order valence-electron chi connectivity index (χ3n) is 5.37. The maximum absolute atomic E-state index is 12.4. The fourth-order valence-corrected chi connectivity index (χ4v) is 3.43. The zero-order chi connectivity index (χ0) is 24.1. The number of aromatic nitrogens is 3. The first-order valence-corrected chi connectivity index (χ1v) is 10.5. The van der Waals surface area contributed by atoms with E-state index < -0.39 is 18.0 Å². The summed E-state index contributed by atoms with van der Waals surface area (Å²) in [5, 5.41) is 20.4. The van der Waals surface area contributed by atoms with Crippen LogP contribution in [0.15, 0.2) is 48.6 Å². The van der Waals surface area contributed by atoms with Crippen LogP contribution in [0.1, 0.15) is 43.6 Å². The normalized spacial score (nSPS) is 13.0. The van der Waals surface area contributed by atoms with Gasteiger partial charge in [0.2, 0.25) is 0 Å². The van der Waals surface area contributed by atoms with Gasteiger partial charge in [0.15, 0.2) is 0 Å². The van der Waals surface area contributed by atoms with Crippen molar-refractivity contribution in [3.05, 3.63) is 59.7 Å². The first-order valence-electron chi connectivity index (χ1n) is 10.5. The highest BCUT2D eigenvalue weighted by Gasteiger charge is 2.27. The number of hydrogen-bond acceptors (Lipinski definition) is 6. The molecule has 0 spiro atoms. The Hall–Kier alpha value is -3.72. The van der Waals surface area contributed by atoms with Gasteiger partial charge in [-0.1, -0.05) is 33.4 Å². The molecule has 4 rings (SSSR count). The fourth-order valence-electron chi connectivity index (χ4n) is 3.43. The molecule has 9 nitrogen and oxygen atoms in total. The molecule has 174 valence electrons. The molecule has 0 saturated carbocycles. The molecule has 33 heavy (non-hydrogen) atoms. The third-order valence-corrected chi connectivity index (χ3v) is 5.37. The number of ether oxygens (including phenoxy) is 2. The summed E-state index contributed by atoms with van der Waals surface area (Å²) >= 11 is 0. The molecule has 2 heterocycles. The summed E-state index contributed by atoms with van der Waals surface area (Å²) in [5.74, 6) is -1.05. The molecule has 2 N–H and O–H groups in total. The van der Waals surface area contributed by atoms with E-state index in [0.29, 0.717) is 11.3 Å². The van der Waals surface area contributed by atoms with Crippen molar-refractivity contribution in [1.29, 1.82) is 0 Å². The van der Waals surface area contributed by atoms with E-state index in [1.807, 2.05) is 21.4 Å². The maximum atomic E-state index is 12.4. The summed E-state index contributed by atoms with van der Waals surface area (Å²) in [6.07, 6.45) is -1.14. The molecule has 4 aromatic rings. The monoisotopic (exact) mass is 453 g/mol. The van der Waals surface area contributed by atoms with E-state index in [2.05, 4.69) is 27.4 Å². The number of benzene rings is 2. The smallest absolute Gasteiger partial charge is 0.338 e. The molecule has 0 fully saturated rings. The molecule has 0 bridgehead atoms. The number of aromatic hydroxyl groups is 1. The van der Waals surface area contributed by atoms with Gasteiger partial charge in [-0.05, 0) is 48.2 Å². The van der Waals surface area contributed by atoms with Gasteiger partial charge in [0, 0.05) is 5.57 Å². The van der Waals surface area contributed by atoms with Crippen molar-refractivity contribution in [2.24, 2.45) is 0 Å². The predicted octanol–water partition coefficient (Wildman–Crippen LogP) is 3.06. The van der Waals surface area contributed by atoms with Crippen molar-refractivity contribution in [1.82, 2.24) is 14.1 Å². The number of phenolic OH excluding ortho intramolecular Hbond substituents is 1. The minimum absolute atomic E-state index is 0.0769. The minimum Gasteiger partial charge on any atom is -0.506 e. The Morgan fingerprint density at radius 1 is 1.03 bits per heavy atom. The molecule has 0 aliphatic rings. The van der Waals surface area contributed by atoms with Crippen LogP contribution in [0.4, 0.5) is 0 Å². The van der Waals surface area contributed by atoms with Gasteiger partial charge < -0.3 is 19.7 Å². The molecule has 0 saturated heterocycles. The summed E-state index contributed by atoms with van der Waals surface area (Å²) in [4.78, 5) is 25.6. The first kappa shape index (κ1) is 22.5. The van der Waals surface area contributed by atoms with Crippen LogP contribution in [0.3, 0.4) is 0 Å². The van der Waals surface area contributed by atoms with Crippen molar-refractivity contribution < 1.29 is 29.3 Å². The largest absolute Gasteiger partial charge is 0.506 e. The molecular weight excluding hydrogens is 426 g/mol. The number of carbonyl (C=O) groups excluding carboxylic acids is 2. The van der Waals surface area contributed by atoms with Crippen molar-refractivity contribution in [3.63, 3.8) is 0 Å². The van der Waals surface area contributed by atoms with Crippen LogP contribution < -0.4 is 0 Å². The Labute approximate surface area is 190 Å². The number of aliphatic hydroxyl groups is 1. The molecular formula is C24H27N3O6. The highest BCUT2D eigenvalue weighted by Crippen LogP contribution is 2.34. The molecule has 1 unspecified atom stereocenters. The Kier molecular flexibility index (Phi) is 5.45. The highest BCUT2D eigenvalue weighted by molar-refractivity contribution is 5.94. The van der Waals surface area contributed by atoms with Gasteiger partial charge in [-0.3, -0.25) is 0 Å². The number of aliphatic hydroxyl groups excluding tert-OH is 1. The van der Waals surface area contributed by atoms with Crippen LogP contribution in [0.25, 0.3) is 16.7 Å². The fraction of sp³-hybridized carbons (Fsp3) is 0.333. The lowest BCUT2D eigenvalue weighted by molar-refractivity contribution is -0.142. The average Bonchev–Trinajstić information content (AvgIpc) is 3.41. The number of nitrogens with zero attached hydrogens (tertiary/aromatic N) is 3. The lowest BCUT2D eigenvalue weighted by atomic mass is 9.87. The van der Waals surface area contributed by atoms with Gasteiger partial charge in [0.25, 0.3) is 0 Å². The molecule has 0 aliphatic heterocycles. The quantitative estimate of drug-likeness (QED) is 0.329. The Morgan fingerprint density at radius 2 is 1.70 bits per heavy atom. The first-order chi connectivity index (χ1) is 15.5. The van der Waals surface area contributed by atoms with Crippen LogP contribution >= 0.6 is 0 Å². The van der Waals surface area contributed by atoms with Gasteiger partial charge >= 0.3 is 11.9 Å². The number of hydrogen-bond donors (Lipinski definition) is 2. The Bertz CT molecular complexity index is 1350. The van der Waals surface area contributed by atoms with Gasteiger partial charge in [-0.2, -0.15) is 0 Å². The van der Waals surface area contributed by atoms with E-state index >= 15 is 0 Å². The summed E-state index contributed by atoms with van der Waals surface area (Å²) in [6, 6.07) is 10.7. The van der Waals surface area contributed by atoms with Gasteiger partial charge in [0.1, 0.15) is 41.8 Å². The topological polar surface area (TPSA) is 107 Å². The number of carbonyl (C=O) groups is 2. The highest BCUT2D eigenvalue weighted by atomic mass is 16.6. The van der Waals surface area contributed by atoms with E-state index in [1.165, 1.54) is 6.92 Å². The second-order valence-electron chi connectivity index (χ2n) is 9.16. The van der Waals surface area contributed by atoms with Crippen molar-refractivity contribution in [2.45, 2.75) is 39.2 Å². The second-order valence-corrected chi connectivity index (χ2v) is 9.16. The Balaban J connectivity index is 1.45. The van der Waals surface area contributed by atoms with Gasteiger partial charge in [0.05, 0.1) is 5.56 Å². The van der Waals surface area contributed by atoms with Crippen LogP contribution in [-0.4, -0.2) is 55.5 Å². The lowest BCUT2D eigenvalue weighted by Gasteiger charge is -2.19. The van der Waals surface area contributed by atoms with Gasteiger partial charge in [-0.15, -0.1) is 14.1 Å². The summed E-state index contributed by atoms with van der Waals surface area (Å²) in [6.45, 7) is 10.6. The second kappa shape index (κ2) is 8.00. The average molecular weight is 453 g/mol. The van der Waals surface area contributed by atoms with E-state index in [1.54, 1.807) is 29.1 Å². The number of phenols is 1. The van der Waals surface area contributed by atoms with Crippen LogP contribution in [0.5, 0.6) is 5.75 Å². The predicted molar refractivity (Wildman–Crippen MR) is 121 cm³/mol. The Morgan fingerprint density at radius 3 is 2.33 bits per heavy atom. The number of fused-ring (bicyclic) bond motifs is 4. The zero-order valence-electron chi connectivity index (χ0n) is 19.0. The summed E-state index contributed by atoms with van der Waals surface area (Å²) in [5.41, 5.74) is 3.80. The van der Waals surface area contributed by atoms with Crippen molar-refractivity contribution in [2.75, 3.05) is 13.2 Å². The summed E-state index contributed by atoms with van der Waals surface area (Å²) in [7, 11) is 0. The molecule has 0 aliphatic carbocycles. The standard InChI is InChI=1S/C24H27N3O6/c1-14(2)22(30)32-12-17(28)13-33-23(31)15-6-8-18-20(10-15)27-25(18)26(27)19-9-7-16(11-21(19)29)24(3,4)5/h6-11,17,28-29H,1,12-13H2,2-5H3. The molecule has 0 radical (unpaired) electrons. The van der Waals surface area contributed by atoms with Crippen LogP contribution in [0, 0.1) is 0 Å². The molecule has 0 amide bonds. The van der Waals surface area contributed by atoms with E-state index in [-0.39, 0.29) is 30.0 Å². The lowest BCUT2D eigenvalue weighted by Crippen LogP contribution is -2.25. The van der Waals surface area contributed by atoms with Gasteiger partial charge in [-0.25, -0.2) is 9.59 Å². The molecule has 2 aromatic heterocycles. The van der Waals surface area contributed by atoms with Crippen LogP contribution in [0.2, 0.25) is 0 Å². The number of rotatable bonds is 7. The van der Waals surface area contributed by atoms with Crippen LogP contribution in [-0.2, 0) is 19.7 Å². The van der Waals surface area contributed by atoms with E-state index in [9.17, 15) is 19.8 Å².